The van der Waals surface area contributed by atoms with E-state index in [-0.39, 0.29) is 12.5 Å². The lowest BCUT2D eigenvalue weighted by molar-refractivity contribution is -0.140. The number of amides is 2. The van der Waals surface area contributed by atoms with Gasteiger partial charge in [-0.1, -0.05) is 55.5 Å². The topological polar surface area (TPSA) is 86.8 Å². The van der Waals surface area contributed by atoms with Crippen molar-refractivity contribution in [2.24, 2.45) is 0 Å². The summed E-state index contributed by atoms with van der Waals surface area (Å²) >= 11 is 0. The predicted octanol–water partition coefficient (Wildman–Crippen LogP) is 3.22. The molecule has 0 heterocycles. The van der Waals surface area contributed by atoms with Crippen molar-refractivity contribution in [3.05, 3.63) is 66.2 Å². The number of sulfonamides is 1. The SMILES string of the molecule is CC[C@H](C(=O)NC(C)(C)C)N(CCc1ccccc1)C(=O)CN(c1ccccc1)S(C)(=O)=O. The maximum absolute atomic E-state index is 13.5. The number of nitrogens with one attached hydrogen (secondary N) is 1. The molecule has 1 N–H and O–H groups in total. The van der Waals surface area contributed by atoms with Crippen LogP contribution in [0.3, 0.4) is 0 Å². The van der Waals surface area contributed by atoms with E-state index in [0.717, 1.165) is 16.1 Å². The molecule has 0 fully saturated rings. The van der Waals surface area contributed by atoms with Crippen LogP contribution in [-0.4, -0.2) is 56.1 Å². The number of carbonyl (C=O) groups excluding carboxylic acids is 2. The highest BCUT2D eigenvalue weighted by Gasteiger charge is 2.32. The Morgan fingerprint density at radius 1 is 0.970 bits per heavy atom. The standard InChI is InChI=1S/C25H35N3O4S/c1-6-22(24(30)26-25(2,3)4)27(18-17-20-13-9-7-10-14-20)23(29)19-28(33(5,31)32)21-15-11-8-12-16-21/h7-16,22H,6,17-19H2,1-5H3,(H,26,30)/t22-/m1/s1. The molecule has 180 valence electrons. The van der Waals surface area contributed by atoms with Crippen LogP contribution < -0.4 is 9.62 Å². The number of para-hydroxylation sites is 1. The van der Waals surface area contributed by atoms with E-state index in [0.29, 0.717) is 25.1 Å². The van der Waals surface area contributed by atoms with Gasteiger partial charge < -0.3 is 10.2 Å². The summed E-state index contributed by atoms with van der Waals surface area (Å²) < 4.78 is 26.1. The van der Waals surface area contributed by atoms with Gasteiger partial charge in [-0.3, -0.25) is 13.9 Å². The molecular weight excluding hydrogens is 438 g/mol. The zero-order valence-electron chi connectivity index (χ0n) is 20.1. The van der Waals surface area contributed by atoms with Crippen LogP contribution in [0.15, 0.2) is 60.7 Å². The van der Waals surface area contributed by atoms with E-state index in [4.69, 9.17) is 0 Å². The highest BCUT2D eigenvalue weighted by molar-refractivity contribution is 7.92. The third-order valence-electron chi connectivity index (χ3n) is 5.09. The van der Waals surface area contributed by atoms with Gasteiger partial charge in [-0.05, 0) is 51.3 Å². The minimum atomic E-state index is -3.71. The van der Waals surface area contributed by atoms with Crippen molar-refractivity contribution in [3.8, 4) is 0 Å². The van der Waals surface area contributed by atoms with Crippen LogP contribution >= 0.6 is 0 Å². The predicted molar refractivity (Wildman–Crippen MR) is 132 cm³/mol. The number of anilines is 1. The summed E-state index contributed by atoms with van der Waals surface area (Å²) in [6.07, 6.45) is 2.04. The highest BCUT2D eigenvalue weighted by atomic mass is 32.2. The molecule has 8 heteroatoms. The molecular formula is C25H35N3O4S. The molecule has 2 rings (SSSR count). The number of carbonyl (C=O) groups is 2. The van der Waals surface area contributed by atoms with Gasteiger partial charge in [0.1, 0.15) is 12.6 Å². The van der Waals surface area contributed by atoms with Gasteiger partial charge in [-0.15, -0.1) is 0 Å². The van der Waals surface area contributed by atoms with Crippen LogP contribution in [0.5, 0.6) is 0 Å². The molecule has 0 aromatic heterocycles. The summed E-state index contributed by atoms with van der Waals surface area (Å²) in [5, 5.41) is 2.95. The van der Waals surface area contributed by atoms with Crippen molar-refractivity contribution in [1.29, 1.82) is 0 Å². The fraction of sp³-hybridized carbons (Fsp3) is 0.440. The van der Waals surface area contributed by atoms with E-state index in [2.05, 4.69) is 5.32 Å². The zero-order valence-corrected chi connectivity index (χ0v) is 20.9. The molecule has 2 aromatic rings. The molecule has 33 heavy (non-hydrogen) atoms. The average molecular weight is 474 g/mol. The van der Waals surface area contributed by atoms with Crippen molar-refractivity contribution >= 4 is 27.5 Å². The lowest BCUT2D eigenvalue weighted by Crippen LogP contribution is -2.56. The second kappa shape index (κ2) is 11.3. The fourth-order valence-electron chi connectivity index (χ4n) is 3.56. The van der Waals surface area contributed by atoms with Crippen LogP contribution in [0.4, 0.5) is 5.69 Å². The van der Waals surface area contributed by atoms with Crippen LogP contribution in [0.25, 0.3) is 0 Å². The molecule has 2 aromatic carbocycles. The Morgan fingerprint density at radius 3 is 2.00 bits per heavy atom. The summed E-state index contributed by atoms with van der Waals surface area (Å²) in [4.78, 5) is 28.1. The summed E-state index contributed by atoms with van der Waals surface area (Å²) in [5.74, 6) is -0.673. The largest absolute Gasteiger partial charge is 0.350 e. The van der Waals surface area contributed by atoms with Crippen molar-refractivity contribution in [3.63, 3.8) is 0 Å². The van der Waals surface area contributed by atoms with Gasteiger partial charge in [-0.2, -0.15) is 0 Å². The maximum atomic E-state index is 13.5. The first-order valence-corrected chi connectivity index (χ1v) is 13.0. The van der Waals surface area contributed by atoms with Gasteiger partial charge in [0.25, 0.3) is 0 Å². The molecule has 0 aliphatic carbocycles. The molecule has 0 bridgehead atoms. The van der Waals surface area contributed by atoms with Crippen molar-refractivity contribution < 1.29 is 18.0 Å². The maximum Gasteiger partial charge on any atom is 0.244 e. The molecule has 0 aliphatic rings. The minimum absolute atomic E-state index is 0.253. The molecule has 0 saturated heterocycles. The Morgan fingerprint density at radius 2 is 1.52 bits per heavy atom. The van der Waals surface area contributed by atoms with Gasteiger partial charge >= 0.3 is 0 Å². The first kappa shape index (κ1) is 26.4. The Labute approximate surface area is 197 Å². The highest BCUT2D eigenvalue weighted by Crippen LogP contribution is 2.18. The summed E-state index contributed by atoms with van der Waals surface area (Å²) in [5.41, 5.74) is 0.981. The van der Waals surface area contributed by atoms with Gasteiger partial charge in [0.15, 0.2) is 0 Å². The van der Waals surface area contributed by atoms with E-state index in [1.54, 1.807) is 30.3 Å². The van der Waals surface area contributed by atoms with Crippen molar-refractivity contribution in [2.75, 3.05) is 23.7 Å². The van der Waals surface area contributed by atoms with E-state index < -0.39 is 27.5 Å². The average Bonchev–Trinajstić information content (AvgIpc) is 2.74. The van der Waals surface area contributed by atoms with Gasteiger partial charge in [0, 0.05) is 12.1 Å². The second-order valence-electron chi connectivity index (χ2n) is 9.09. The molecule has 0 saturated carbocycles. The number of hydrogen-bond acceptors (Lipinski definition) is 4. The molecule has 1 atom stereocenters. The minimum Gasteiger partial charge on any atom is -0.350 e. The van der Waals surface area contributed by atoms with E-state index in [1.165, 1.54) is 4.90 Å². The van der Waals surface area contributed by atoms with Crippen LogP contribution in [0.2, 0.25) is 0 Å². The first-order chi connectivity index (χ1) is 15.4. The third kappa shape index (κ3) is 8.20. The Balaban J connectivity index is 2.35. The molecule has 7 nitrogen and oxygen atoms in total. The number of rotatable bonds is 10. The Kier molecular flexibility index (Phi) is 9.05. The van der Waals surface area contributed by atoms with Crippen molar-refractivity contribution in [2.45, 2.75) is 52.1 Å². The fourth-order valence-corrected chi connectivity index (χ4v) is 4.41. The normalized spacial score (nSPS) is 12.6. The Bertz CT molecular complexity index is 1020. The lowest BCUT2D eigenvalue weighted by Gasteiger charge is -2.34. The monoisotopic (exact) mass is 473 g/mol. The van der Waals surface area contributed by atoms with Crippen molar-refractivity contribution in [1.82, 2.24) is 10.2 Å². The van der Waals surface area contributed by atoms with E-state index in [9.17, 15) is 18.0 Å². The second-order valence-corrected chi connectivity index (χ2v) is 11.0. The summed E-state index contributed by atoms with van der Waals surface area (Å²) in [7, 11) is -3.71. The van der Waals surface area contributed by atoms with Crippen LogP contribution in [0, 0.1) is 0 Å². The van der Waals surface area contributed by atoms with Gasteiger partial charge in [0.2, 0.25) is 21.8 Å². The van der Waals surface area contributed by atoms with Gasteiger partial charge in [-0.25, -0.2) is 8.42 Å². The zero-order chi connectivity index (χ0) is 24.6. The number of nitrogens with zero attached hydrogens (tertiary/aromatic N) is 2. The van der Waals surface area contributed by atoms with E-state index in [1.807, 2.05) is 58.0 Å². The quantitative estimate of drug-likeness (QED) is 0.574. The Hall–Kier alpha value is -2.87. The first-order valence-electron chi connectivity index (χ1n) is 11.1. The third-order valence-corrected chi connectivity index (χ3v) is 6.23. The lowest BCUT2D eigenvalue weighted by atomic mass is 10.1. The van der Waals surface area contributed by atoms with Crippen LogP contribution in [-0.2, 0) is 26.0 Å². The molecule has 0 aliphatic heterocycles. The summed E-state index contributed by atoms with van der Waals surface area (Å²) in [6.45, 7) is 7.42. The van der Waals surface area contributed by atoms with Crippen LogP contribution in [0.1, 0.15) is 39.7 Å². The number of hydrogen-bond donors (Lipinski definition) is 1. The smallest absolute Gasteiger partial charge is 0.244 e. The molecule has 0 radical (unpaired) electrons. The summed E-state index contributed by atoms with van der Waals surface area (Å²) in [6, 6.07) is 17.5. The van der Waals surface area contributed by atoms with E-state index >= 15 is 0 Å². The number of benzene rings is 2. The molecule has 2 amide bonds. The molecule has 0 unspecified atom stereocenters. The molecule has 0 spiro atoms. The van der Waals surface area contributed by atoms with Gasteiger partial charge in [0.05, 0.1) is 11.9 Å².